The van der Waals surface area contributed by atoms with E-state index in [2.05, 4.69) is 11.6 Å². The molecule has 1 heterocycles. The van der Waals surface area contributed by atoms with Crippen molar-refractivity contribution in [2.45, 2.75) is 6.92 Å². The number of ketones is 1. The molecule has 0 saturated carbocycles. The first kappa shape index (κ1) is 8.69. The molecule has 0 saturated heterocycles. The van der Waals surface area contributed by atoms with Crippen molar-refractivity contribution >= 4 is 16.9 Å². The highest BCUT2D eigenvalue weighted by Crippen LogP contribution is 2.17. The molecule has 0 unspecified atom stereocenters. The minimum absolute atomic E-state index is 0.110. The van der Waals surface area contributed by atoms with Crippen molar-refractivity contribution in [2.24, 2.45) is 0 Å². The van der Waals surface area contributed by atoms with Gasteiger partial charge in [-0.3, -0.25) is 4.79 Å². The fourth-order valence-corrected chi connectivity index (χ4v) is 1.31. The quantitative estimate of drug-likeness (QED) is 0.536. The zero-order chi connectivity index (χ0) is 10.1. The van der Waals surface area contributed by atoms with Gasteiger partial charge in [0, 0.05) is 12.5 Å². The average molecular weight is 187 g/mol. The van der Waals surface area contributed by atoms with Crippen LogP contribution in [-0.2, 0) is 0 Å². The number of carbonyl (C=O) groups excluding carboxylic acids is 1. The Morgan fingerprint density at radius 3 is 3.07 bits per heavy atom. The zero-order valence-electron chi connectivity index (χ0n) is 7.78. The highest BCUT2D eigenvalue weighted by atomic mass is 16.3. The number of allylic oxidation sites excluding steroid dienone is 1. The second kappa shape index (κ2) is 3.10. The van der Waals surface area contributed by atoms with Crippen LogP contribution in [0.5, 0.6) is 0 Å². The van der Waals surface area contributed by atoms with Gasteiger partial charge in [-0.1, -0.05) is 6.58 Å². The second-order valence-electron chi connectivity index (χ2n) is 2.98. The van der Waals surface area contributed by atoms with Crippen LogP contribution in [0.2, 0.25) is 0 Å². The molecule has 0 radical (unpaired) electrons. The molecule has 0 amide bonds. The Morgan fingerprint density at radius 2 is 2.36 bits per heavy atom. The van der Waals surface area contributed by atoms with Crippen molar-refractivity contribution in [1.29, 1.82) is 0 Å². The van der Waals surface area contributed by atoms with E-state index in [1.807, 2.05) is 0 Å². The number of carbonyl (C=O) groups is 1. The van der Waals surface area contributed by atoms with E-state index in [4.69, 9.17) is 4.42 Å². The van der Waals surface area contributed by atoms with Gasteiger partial charge >= 0.3 is 0 Å². The van der Waals surface area contributed by atoms with Gasteiger partial charge in [0.25, 0.3) is 0 Å². The predicted octanol–water partition coefficient (Wildman–Crippen LogP) is 2.50. The van der Waals surface area contributed by atoms with Gasteiger partial charge in [0.2, 0.25) is 0 Å². The minimum Gasteiger partial charge on any atom is -0.441 e. The van der Waals surface area contributed by atoms with Crippen LogP contribution < -0.4 is 0 Å². The summed E-state index contributed by atoms with van der Waals surface area (Å²) in [6.45, 7) is 5.20. The van der Waals surface area contributed by atoms with E-state index in [0.29, 0.717) is 17.0 Å². The second-order valence-corrected chi connectivity index (χ2v) is 2.98. The van der Waals surface area contributed by atoms with E-state index < -0.39 is 0 Å². The standard InChI is InChI=1S/C11H9NO2/c1-3-10(13)8-4-5-9-11(6-8)14-7(2)12-9/h3-6H,1H2,2H3. The van der Waals surface area contributed by atoms with Gasteiger partial charge in [0.15, 0.2) is 17.3 Å². The van der Waals surface area contributed by atoms with E-state index in [1.54, 1.807) is 25.1 Å². The summed E-state index contributed by atoms with van der Waals surface area (Å²) in [6, 6.07) is 5.16. The lowest BCUT2D eigenvalue weighted by molar-refractivity contribution is 0.104. The summed E-state index contributed by atoms with van der Waals surface area (Å²) in [4.78, 5) is 15.4. The van der Waals surface area contributed by atoms with E-state index >= 15 is 0 Å². The Labute approximate surface area is 81.1 Å². The number of hydrogen-bond donors (Lipinski definition) is 0. The molecule has 0 atom stereocenters. The average Bonchev–Trinajstić information content (AvgIpc) is 2.55. The molecule has 0 spiro atoms. The van der Waals surface area contributed by atoms with Crippen LogP contribution in [-0.4, -0.2) is 10.8 Å². The maximum Gasteiger partial charge on any atom is 0.192 e. The molecule has 0 aliphatic rings. The Bertz CT molecular complexity index is 511. The summed E-state index contributed by atoms with van der Waals surface area (Å²) in [5.41, 5.74) is 1.97. The summed E-state index contributed by atoms with van der Waals surface area (Å²) >= 11 is 0. The maximum atomic E-state index is 11.3. The zero-order valence-corrected chi connectivity index (χ0v) is 7.78. The number of hydrogen-bond acceptors (Lipinski definition) is 3. The van der Waals surface area contributed by atoms with E-state index in [1.165, 1.54) is 6.08 Å². The Morgan fingerprint density at radius 1 is 1.57 bits per heavy atom. The van der Waals surface area contributed by atoms with E-state index in [0.717, 1.165) is 5.52 Å². The van der Waals surface area contributed by atoms with Crippen LogP contribution in [0.1, 0.15) is 16.2 Å². The third-order valence-corrected chi connectivity index (χ3v) is 1.97. The summed E-state index contributed by atoms with van der Waals surface area (Å²) < 4.78 is 5.31. The van der Waals surface area contributed by atoms with Crippen LogP contribution in [0.4, 0.5) is 0 Å². The van der Waals surface area contributed by atoms with E-state index in [-0.39, 0.29) is 5.78 Å². The monoisotopic (exact) mass is 187 g/mol. The van der Waals surface area contributed by atoms with Gasteiger partial charge < -0.3 is 4.42 Å². The number of rotatable bonds is 2. The summed E-state index contributed by atoms with van der Waals surface area (Å²) in [5, 5.41) is 0. The van der Waals surface area contributed by atoms with Crippen LogP contribution in [0.3, 0.4) is 0 Å². The van der Waals surface area contributed by atoms with Crippen LogP contribution >= 0.6 is 0 Å². The molecule has 1 aromatic carbocycles. The molecule has 14 heavy (non-hydrogen) atoms. The Hall–Kier alpha value is -1.90. The van der Waals surface area contributed by atoms with Crippen molar-refractivity contribution < 1.29 is 9.21 Å². The number of oxazole rings is 1. The fraction of sp³-hybridized carbons (Fsp3) is 0.0909. The van der Waals surface area contributed by atoms with Gasteiger partial charge in [-0.05, 0) is 24.3 Å². The van der Waals surface area contributed by atoms with Gasteiger partial charge in [-0.15, -0.1) is 0 Å². The van der Waals surface area contributed by atoms with Gasteiger partial charge in [-0.2, -0.15) is 0 Å². The summed E-state index contributed by atoms with van der Waals surface area (Å²) in [6.07, 6.45) is 1.28. The predicted molar refractivity (Wildman–Crippen MR) is 53.3 cm³/mol. The summed E-state index contributed by atoms with van der Waals surface area (Å²) in [5.74, 6) is 0.490. The molecule has 0 bridgehead atoms. The van der Waals surface area contributed by atoms with E-state index in [9.17, 15) is 4.79 Å². The first-order chi connectivity index (χ1) is 6.70. The molecule has 0 fully saturated rings. The van der Waals surface area contributed by atoms with Crippen molar-refractivity contribution in [3.05, 3.63) is 42.3 Å². The fourth-order valence-electron chi connectivity index (χ4n) is 1.31. The topological polar surface area (TPSA) is 43.1 Å². The molecule has 70 valence electrons. The van der Waals surface area contributed by atoms with Crippen molar-refractivity contribution in [3.63, 3.8) is 0 Å². The number of fused-ring (bicyclic) bond motifs is 1. The third kappa shape index (κ3) is 1.33. The van der Waals surface area contributed by atoms with Gasteiger partial charge in [0.05, 0.1) is 0 Å². The van der Waals surface area contributed by atoms with Crippen molar-refractivity contribution in [3.8, 4) is 0 Å². The van der Waals surface area contributed by atoms with Crippen LogP contribution in [0.25, 0.3) is 11.1 Å². The number of aromatic nitrogens is 1. The first-order valence-electron chi connectivity index (χ1n) is 4.24. The highest BCUT2D eigenvalue weighted by Gasteiger charge is 2.06. The maximum absolute atomic E-state index is 11.3. The third-order valence-electron chi connectivity index (χ3n) is 1.97. The molecule has 0 aliphatic heterocycles. The molecule has 2 rings (SSSR count). The van der Waals surface area contributed by atoms with Crippen molar-refractivity contribution in [2.75, 3.05) is 0 Å². The molecule has 3 nitrogen and oxygen atoms in total. The lowest BCUT2D eigenvalue weighted by Crippen LogP contribution is -1.92. The highest BCUT2D eigenvalue weighted by molar-refractivity contribution is 6.05. The first-order valence-corrected chi connectivity index (χ1v) is 4.24. The molecule has 0 aliphatic carbocycles. The molecule has 2 aromatic rings. The van der Waals surface area contributed by atoms with Crippen LogP contribution in [0, 0.1) is 6.92 Å². The number of nitrogens with zero attached hydrogens (tertiary/aromatic N) is 1. The minimum atomic E-state index is -0.110. The molecule has 0 N–H and O–H groups in total. The van der Waals surface area contributed by atoms with Gasteiger partial charge in [0.1, 0.15) is 5.52 Å². The Balaban J connectivity index is 2.61. The smallest absolute Gasteiger partial charge is 0.192 e. The normalized spacial score (nSPS) is 10.4. The number of aryl methyl sites for hydroxylation is 1. The molecule has 3 heteroatoms. The summed E-state index contributed by atoms with van der Waals surface area (Å²) in [7, 11) is 0. The lowest BCUT2D eigenvalue weighted by Gasteiger charge is -1.93. The molecule has 1 aromatic heterocycles. The van der Waals surface area contributed by atoms with Gasteiger partial charge in [-0.25, -0.2) is 4.98 Å². The Kier molecular flexibility index (Phi) is 1.93. The molecular weight excluding hydrogens is 178 g/mol. The largest absolute Gasteiger partial charge is 0.441 e. The SMILES string of the molecule is C=CC(=O)c1ccc2nc(C)oc2c1. The molecular formula is C11H9NO2. The lowest BCUT2D eigenvalue weighted by atomic mass is 10.1. The number of benzene rings is 1. The van der Waals surface area contributed by atoms with Crippen LogP contribution in [0.15, 0.2) is 35.3 Å². The van der Waals surface area contributed by atoms with Crippen molar-refractivity contribution in [1.82, 2.24) is 4.98 Å².